The summed E-state index contributed by atoms with van der Waals surface area (Å²) in [5, 5.41) is 10.8. The van der Waals surface area contributed by atoms with Crippen LogP contribution < -0.4 is 9.47 Å². The first-order chi connectivity index (χ1) is 11.6. The number of carbonyl (C=O) groups is 1. The van der Waals surface area contributed by atoms with Crippen molar-refractivity contribution in [1.29, 1.82) is 0 Å². The molecule has 0 aliphatic carbocycles. The summed E-state index contributed by atoms with van der Waals surface area (Å²) >= 11 is 0. The first-order valence-corrected chi connectivity index (χ1v) is 7.10. The third kappa shape index (κ3) is 3.54. The third-order valence-corrected chi connectivity index (χ3v) is 3.12. The van der Waals surface area contributed by atoms with Crippen LogP contribution in [0.3, 0.4) is 0 Å². The van der Waals surface area contributed by atoms with Gasteiger partial charge in [0, 0.05) is 6.07 Å². The average Bonchev–Trinajstić information content (AvgIpc) is 3.12. The van der Waals surface area contributed by atoms with Gasteiger partial charge in [-0.3, -0.25) is 0 Å². The van der Waals surface area contributed by atoms with Crippen LogP contribution in [0.2, 0.25) is 0 Å². The van der Waals surface area contributed by atoms with E-state index < -0.39 is 17.9 Å². The maximum atomic E-state index is 13.6. The maximum absolute atomic E-state index is 13.6. The number of benzene rings is 2. The van der Waals surface area contributed by atoms with Gasteiger partial charge in [-0.2, -0.15) is 0 Å². The van der Waals surface area contributed by atoms with Crippen LogP contribution in [-0.4, -0.2) is 32.3 Å². The Bertz CT molecular complexity index is 839. The molecule has 0 aliphatic heterocycles. The quantitative estimate of drug-likeness (QED) is 0.527. The van der Waals surface area contributed by atoms with Crippen LogP contribution in [0.5, 0.6) is 11.5 Å². The number of hydrogen-bond acceptors (Lipinski definition) is 6. The van der Waals surface area contributed by atoms with Gasteiger partial charge < -0.3 is 9.47 Å². The van der Waals surface area contributed by atoms with Gasteiger partial charge in [-0.1, -0.05) is 18.2 Å². The molecule has 0 amide bonds. The first-order valence-electron chi connectivity index (χ1n) is 7.10. The van der Waals surface area contributed by atoms with Crippen LogP contribution in [0.25, 0.3) is 5.69 Å². The summed E-state index contributed by atoms with van der Waals surface area (Å²) in [6.07, 6.45) is 0.448. The molecular weight excluding hydrogens is 315 g/mol. The molecule has 122 valence electrons. The van der Waals surface area contributed by atoms with Crippen LogP contribution in [0.15, 0.2) is 54.9 Å². The molecule has 0 bridgehead atoms. The molecule has 0 radical (unpaired) electrons. The van der Waals surface area contributed by atoms with Gasteiger partial charge in [-0.05, 0) is 41.6 Å². The minimum Gasteiger partial charge on any atom is -0.476 e. The highest BCUT2D eigenvalue weighted by atomic mass is 19.1. The van der Waals surface area contributed by atoms with Gasteiger partial charge in [0.15, 0.2) is 17.7 Å². The van der Waals surface area contributed by atoms with E-state index in [2.05, 4.69) is 15.5 Å². The zero-order chi connectivity index (χ0) is 16.9. The summed E-state index contributed by atoms with van der Waals surface area (Å²) in [5.41, 5.74) is 0.632. The molecule has 0 N–H and O–H groups in total. The minimum absolute atomic E-state index is 0.00982. The molecule has 1 atom stereocenters. The Hall–Kier alpha value is -3.29. The molecule has 0 saturated heterocycles. The van der Waals surface area contributed by atoms with Crippen molar-refractivity contribution in [2.45, 2.75) is 13.0 Å². The molecule has 0 aliphatic rings. The van der Waals surface area contributed by atoms with Crippen molar-refractivity contribution in [3.63, 3.8) is 0 Å². The van der Waals surface area contributed by atoms with E-state index in [1.165, 1.54) is 36.1 Å². The van der Waals surface area contributed by atoms with Crippen molar-refractivity contribution in [1.82, 2.24) is 20.2 Å². The number of nitrogens with zero attached hydrogens (tertiary/aromatic N) is 4. The number of aromatic nitrogens is 4. The Kier molecular flexibility index (Phi) is 4.46. The van der Waals surface area contributed by atoms with Crippen molar-refractivity contribution in [3.05, 3.63) is 60.7 Å². The largest absolute Gasteiger partial charge is 0.476 e. The van der Waals surface area contributed by atoms with Crippen LogP contribution in [0.4, 0.5) is 4.39 Å². The van der Waals surface area contributed by atoms with Gasteiger partial charge in [0.1, 0.15) is 12.1 Å². The molecule has 3 aromatic rings. The molecule has 1 aromatic heterocycles. The van der Waals surface area contributed by atoms with Crippen molar-refractivity contribution in [2.24, 2.45) is 0 Å². The number of halogens is 1. The Morgan fingerprint density at radius 2 is 2.04 bits per heavy atom. The monoisotopic (exact) mass is 328 g/mol. The summed E-state index contributed by atoms with van der Waals surface area (Å²) < 4.78 is 25.5. The number of para-hydroxylation sites is 1. The van der Waals surface area contributed by atoms with Crippen LogP contribution in [0.1, 0.15) is 6.92 Å². The van der Waals surface area contributed by atoms with Crippen molar-refractivity contribution in [3.8, 4) is 17.2 Å². The molecule has 24 heavy (non-hydrogen) atoms. The smallest absolute Gasteiger partial charge is 0.352 e. The maximum Gasteiger partial charge on any atom is 0.352 e. The molecule has 0 fully saturated rings. The molecule has 2 aromatic carbocycles. The zero-order valence-electron chi connectivity index (χ0n) is 12.7. The van der Waals surface area contributed by atoms with Crippen LogP contribution in [-0.2, 0) is 4.79 Å². The Morgan fingerprint density at radius 1 is 1.21 bits per heavy atom. The Balaban J connectivity index is 1.68. The fourth-order valence-corrected chi connectivity index (χ4v) is 1.95. The van der Waals surface area contributed by atoms with E-state index in [-0.39, 0.29) is 5.75 Å². The standard InChI is InChI=1S/C16H13FN4O3/c1-11(23-15-8-3-2-7-14(15)17)16(22)24-13-6-4-5-12(9-13)21-10-18-19-20-21/h2-11H,1H3. The topological polar surface area (TPSA) is 79.1 Å². The van der Waals surface area contributed by atoms with Gasteiger partial charge in [-0.25, -0.2) is 13.9 Å². The van der Waals surface area contributed by atoms with Crippen LogP contribution in [0, 0.1) is 5.82 Å². The lowest BCUT2D eigenvalue weighted by Crippen LogP contribution is -2.28. The SMILES string of the molecule is CC(Oc1ccccc1F)C(=O)Oc1cccc(-n2cnnn2)c1. The zero-order valence-corrected chi connectivity index (χ0v) is 12.7. The van der Waals surface area contributed by atoms with E-state index in [9.17, 15) is 9.18 Å². The van der Waals surface area contributed by atoms with Gasteiger partial charge in [0.05, 0.1) is 5.69 Å². The van der Waals surface area contributed by atoms with E-state index in [1.54, 1.807) is 30.3 Å². The number of ether oxygens (including phenoxy) is 2. The number of rotatable bonds is 5. The molecule has 0 spiro atoms. The second kappa shape index (κ2) is 6.86. The lowest BCUT2D eigenvalue weighted by Gasteiger charge is -2.14. The number of carbonyl (C=O) groups excluding carboxylic acids is 1. The van der Waals surface area contributed by atoms with E-state index >= 15 is 0 Å². The molecule has 7 nitrogen and oxygen atoms in total. The fraction of sp³-hybridized carbons (Fsp3) is 0.125. The lowest BCUT2D eigenvalue weighted by molar-refractivity contribution is -0.141. The summed E-state index contributed by atoms with van der Waals surface area (Å²) in [4.78, 5) is 12.1. The van der Waals surface area contributed by atoms with Crippen molar-refractivity contribution in [2.75, 3.05) is 0 Å². The summed E-state index contributed by atoms with van der Waals surface area (Å²) in [6, 6.07) is 12.5. The second-order valence-corrected chi connectivity index (χ2v) is 4.86. The Morgan fingerprint density at radius 3 is 2.79 bits per heavy atom. The number of esters is 1. The number of hydrogen-bond donors (Lipinski definition) is 0. The predicted octanol–water partition coefficient (Wildman–Crippen LogP) is 2.17. The third-order valence-electron chi connectivity index (χ3n) is 3.12. The first kappa shape index (κ1) is 15.6. The lowest BCUT2D eigenvalue weighted by atomic mass is 10.3. The highest BCUT2D eigenvalue weighted by Gasteiger charge is 2.19. The fourth-order valence-electron chi connectivity index (χ4n) is 1.95. The van der Waals surface area contributed by atoms with E-state index in [0.29, 0.717) is 11.4 Å². The van der Waals surface area contributed by atoms with Crippen molar-refractivity contribution >= 4 is 5.97 Å². The molecule has 1 heterocycles. The van der Waals surface area contributed by atoms with E-state index in [4.69, 9.17) is 9.47 Å². The average molecular weight is 328 g/mol. The Labute approximate surface area is 136 Å². The highest BCUT2D eigenvalue weighted by molar-refractivity contribution is 5.77. The predicted molar refractivity (Wildman–Crippen MR) is 81.3 cm³/mol. The van der Waals surface area contributed by atoms with E-state index in [1.807, 2.05) is 0 Å². The molecule has 3 rings (SSSR count). The van der Waals surface area contributed by atoms with Crippen LogP contribution >= 0.6 is 0 Å². The highest BCUT2D eigenvalue weighted by Crippen LogP contribution is 2.19. The molecular formula is C16H13FN4O3. The number of tetrazole rings is 1. The summed E-state index contributed by atoms with van der Waals surface area (Å²) in [6.45, 7) is 1.49. The van der Waals surface area contributed by atoms with E-state index in [0.717, 1.165) is 0 Å². The van der Waals surface area contributed by atoms with Gasteiger partial charge in [-0.15, -0.1) is 5.10 Å². The van der Waals surface area contributed by atoms with Gasteiger partial charge in [0.2, 0.25) is 0 Å². The molecule has 0 saturated carbocycles. The molecule has 8 heteroatoms. The van der Waals surface area contributed by atoms with Crippen molar-refractivity contribution < 1.29 is 18.7 Å². The normalized spacial score (nSPS) is 11.8. The second-order valence-electron chi connectivity index (χ2n) is 4.86. The minimum atomic E-state index is -0.974. The van der Waals surface area contributed by atoms with Gasteiger partial charge >= 0.3 is 5.97 Å². The van der Waals surface area contributed by atoms with Gasteiger partial charge in [0.25, 0.3) is 0 Å². The summed E-state index contributed by atoms with van der Waals surface area (Å²) in [7, 11) is 0. The summed E-state index contributed by atoms with van der Waals surface area (Å²) in [5.74, 6) is -0.897. The molecule has 1 unspecified atom stereocenters.